The highest BCUT2D eigenvalue weighted by molar-refractivity contribution is 6.18. The minimum Gasteiger partial charge on any atom is -0.353 e. The Bertz CT molecular complexity index is 494. The minimum absolute atomic E-state index is 0.00619. The lowest BCUT2D eigenvalue weighted by molar-refractivity contribution is -0.121. The summed E-state index contributed by atoms with van der Waals surface area (Å²) < 4.78 is 0. The van der Waals surface area contributed by atoms with Crippen LogP contribution in [0.25, 0.3) is 0 Å². The molecule has 0 radical (unpaired) electrons. The van der Waals surface area contributed by atoms with Crippen molar-refractivity contribution in [2.75, 3.05) is 19.0 Å². The molecule has 2 rings (SSSR count). The van der Waals surface area contributed by atoms with Gasteiger partial charge in [-0.1, -0.05) is 17.7 Å². The summed E-state index contributed by atoms with van der Waals surface area (Å²) in [4.78, 5) is 25.7. The number of aryl methyl sites for hydroxylation is 1. The Morgan fingerprint density at radius 3 is 2.43 bits per heavy atom. The normalized spacial score (nSPS) is 15.8. The molecule has 0 atom stereocenters. The summed E-state index contributed by atoms with van der Waals surface area (Å²) in [6, 6.07) is 7.79. The predicted octanol–water partition coefficient (Wildman–Crippen LogP) is 2.34. The average molecular weight is 309 g/mol. The first kappa shape index (κ1) is 15.8. The standard InChI is InChI=1S/C16H21ClN2O2/c1-12-2-4-13(5-3-12)16(21)19-10-7-14(8-11-19)18-15(20)6-9-17/h2-5,14H,6-11H2,1H3,(H,18,20). The second-order valence-corrected chi connectivity index (χ2v) is 5.82. The van der Waals surface area contributed by atoms with Gasteiger partial charge in [0.1, 0.15) is 0 Å². The van der Waals surface area contributed by atoms with Gasteiger partial charge in [-0.3, -0.25) is 9.59 Å². The Morgan fingerprint density at radius 2 is 1.86 bits per heavy atom. The van der Waals surface area contributed by atoms with Gasteiger partial charge in [-0.25, -0.2) is 0 Å². The number of benzene rings is 1. The van der Waals surface area contributed by atoms with Crippen molar-refractivity contribution in [3.05, 3.63) is 35.4 Å². The van der Waals surface area contributed by atoms with Gasteiger partial charge in [-0.2, -0.15) is 0 Å². The lowest BCUT2D eigenvalue weighted by Gasteiger charge is -2.32. The third-order valence-electron chi connectivity index (χ3n) is 3.77. The van der Waals surface area contributed by atoms with Crippen LogP contribution in [0.15, 0.2) is 24.3 Å². The molecule has 1 saturated heterocycles. The molecule has 5 heteroatoms. The van der Waals surface area contributed by atoms with Gasteiger partial charge in [0, 0.05) is 37.0 Å². The zero-order valence-electron chi connectivity index (χ0n) is 12.3. The maximum absolute atomic E-state index is 12.4. The Morgan fingerprint density at radius 1 is 1.24 bits per heavy atom. The monoisotopic (exact) mass is 308 g/mol. The van der Waals surface area contributed by atoms with Gasteiger partial charge in [0.25, 0.3) is 5.91 Å². The van der Waals surface area contributed by atoms with E-state index in [9.17, 15) is 9.59 Å². The summed E-state index contributed by atoms with van der Waals surface area (Å²) in [5.74, 6) is 0.408. The Labute approximate surface area is 130 Å². The number of alkyl halides is 1. The Hall–Kier alpha value is -1.55. The number of hydrogen-bond acceptors (Lipinski definition) is 2. The van der Waals surface area contributed by atoms with Crippen LogP contribution in [0.3, 0.4) is 0 Å². The van der Waals surface area contributed by atoms with Gasteiger partial charge in [0.05, 0.1) is 0 Å². The van der Waals surface area contributed by atoms with E-state index in [0.29, 0.717) is 25.4 Å². The molecule has 21 heavy (non-hydrogen) atoms. The van der Waals surface area contributed by atoms with E-state index in [1.165, 1.54) is 0 Å². The predicted molar refractivity (Wildman–Crippen MR) is 83.6 cm³/mol. The third-order valence-corrected chi connectivity index (χ3v) is 3.96. The fourth-order valence-corrected chi connectivity index (χ4v) is 2.66. The number of amides is 2. The van der Waals surface area contributed by atoms with Gasteiger partial charge in [-0.15, -0.1) is 11.6 Å². The first-order chi connectivity index (χ1) is 10.1. The topological polar surface area (TPSA) is 49.4 Å². The summed E-state index contributed by atoms with van der Waals surface area (Å²) in [5.41, 5.74) is 1.87. The maximum Gasteiger partial charge on any atom is 0.253 e. The second-order valence-electron chi connectivity index (χ2n) is 5.44. The van der Waals surface area contributed by atoms with E-state index in [1.54, 1.807) is 0 Å². The molecule has 0 unspecified atom stereocenters. The van der Waals surface area contributed by atoms with Crippen molar-refractivity contribution in [3.63, 3.8) is 0 Å². The average Bonchev–Trinajstić information content (AvgIpc) is 2.48. The van der Waals surface area contributed by atoms with Gasteiger partial charge in [-0.05, 0) is 31.9 Å². The van der Waals surface area contributed by atoms with Crippen LogP contribution in [0.2, 0.25) is 0 Å². The molecule has 1 heterocycles. The molecule has 1 N–H and O–H groups in total. The van der Waals surface area contributed by atoms with Crippen molar-refractivity contribution in [2.24, 2.45) is 0 Å². The largest absolute Gasteiger partial charge is 0.353 e. The van der Waals surface area contributed by atoms with E-state index in [0.717, 1.165) is 24.0 Å². The molecule has 0 bridgehead atoms. The van der Waals surface area contributed by atoms with E-state index >= 15 is 0 Å². The molecule has 1 aromatic rings. The van der Waals surface area contributed by atoms with E-state index in [4.69, 9.17) is 11.6 Å². The van der Waals surface area contributed by atoms with Crippen LogP contribution in [0.4, 0.5) is 0 Å². The quantitative estimate of drug-likeness (QED) is 0.868. The zero-order chi connectivity index (χ0) is 15.2. The van der Waals surface area contributed by atoms with Crippen LogP contribution in [-0.4, -0.2) is 41.7 Å². The van der Waals surface area contributed by atoms with Crippen molar-refractivity contribution < 1.29 is 9.59 Å². The van der Waals surface area contributed by atoms with Crippen molar-refractivity contribution in [2.45, 2.75) is 32.2 Å². The number of piperidine rings is 1. The Balaban J connectivity index is 1.84. The van der Waals surface area contributed by atoms with Crippen LogP contribution < -0.4 is 5.32 Å². The van der Waals surface area contributed by atoms with Gasteiger partial charge >= 0.3 is 0 Å². The van der Waals surface area contributed by atoms with E-state index in [1.807, 2.05) is 36.1 Å². The van der Waals surface area contributed by atoms with Gasteiger partial charge < -0.3 is 10.2 Å². The lowest BCUT2D eigenvalue weighted by Crippen LogP contribution is -2.46. The van der Waals surface area contributed by atoms with Crippen molar-refractivity contribution in [1.29, 1.82) is 0 Å². The number of nitrogens with zero attached hydrogens (tertiary/aromatic N) is 1. The highest BCUT2D eigenvalue weighted by atomic mass is 35.5. The second kappa shape index (κ2) is 7.46. The molecule has 0 spiro atoms. The summed E-state index contributed by atoms with van der Waals surface area (Å²) in [5, 5.41) is 2.97. The van der Waals surface area contributed by atoms with Crippen LogP contribution in [0, 0.1) is 6.92 Å². The molecule has 1 aliphatic heterocycles. The molecular weight excluding hydrogens is 288 g/mol. The third kappa shape index (κ3) is 4.46. The molecule has 0 saturated carbocycles. The first-order valence-electron chi connectivity index (χ1n) is 7.31. The highest BCUT2D eigenvalue weighted by Gasteiger charge is 2.24. The van der Waals surface area contributed by atoms with Crippen LogP contribution in [0.1, 0.15) is 35.2 Å². The van der Waals surface area contributed by atoms with Gasteiger partial charge in [0.2, 0.25) is 5.91 Å². The molecule has 1 fully saturated rings. The number of likely N-dealkylation sites (tertiary alicyclic amines) is 1. The summed E-state index contributed by atoms with van der Waals surface area (Å²) in [7, 11) is 0. The number of hydrogen-bond donors (Lipinski definition) is 1. The molecule has 114 valence electrons. The number of halogens is 1. The summed E-state index contributed by atoms with van der Waals surface area (Å²) >= 11 is 5.54. The smallest absolute Gasteiger partial charge is 0.253 e. The van der Waals surface area contributed by atoms with Crippen LogP contribution >= 0.6 is 11.6 Å². The highest BCUT2D eigenvalue weighted by Crippen LogP contribution is 2.14. The van der Waals surface area contributed by atoms with Crippen molar-refractivity contribution in [1.82, 2.24) is 10.2 Å². The maximum atomic E-state index is 12.4. The molecule has 1 aromatic carbocycles. The molecule has 4 nitrogen and oxygen atoms in total. The fraction of sp³-hybridized carbons (Fsp3) is 0.500. The van der Waals surface area contributed by atoms with E-state index in [-0.39, 0.29) is 17.9 Å². The number of nitrogens with one attached hydrogen (secondary N) is 1. The van der Waals surface area contributed by atoms with Gasteiger partial charge in [0.15, 0.2) is 0 Å². The fourth-order valence-electron chi connectivity index (χ4n) is 2.49. The van der Waals surface area contributed by atoms with Crippen LogP contribution in [0.5, 0.6) is 0 Å². The van der Waals surface area contributed by atoms with E-state index in [2.05, 4.69) is 5.32 Å². The lowest BCUT2D eigenvalue weighted by atomic mass is 10.0. The zero-order valence-corrected chi connectivity index (χ0v) is 13.0. The summed E-state index contributed by atoms with van der Waals surface area (Å²) in [6.07, 6.45) is 1.95. The first-order valence-corrected chi connectivity index (χ1v) is 7.85. The molecule has 1 aliphatic rings. The number of carbonyl (C=O) groups excluding carboxylic acids is 2. The number of carbonyl (C=O) groups is 2. The SMILES string of the molecule is Cc1ccc(C(=O)N2CCC(NC(=O)CCCl)CC2)cc1. The molecule has 0 aromatic heterocycles. The van der Waals surface area contributed by atoms with E-state index < -0.39 is 0 Å². The van der Waals surface area contributed by atoms with Crippen molar-refractivity contribution in [3.8, 4) is 0 Å². The number of rotatable bonds is 4. The minimum atomic E-state index is -0.00619. The molecule has 0 aliphatic carbocycles. The molecule has 2 amide bonds. The summed E-state index contributed by atoms with van der Waals surface area (Å²) in [6.45, 7) is 3.36. The molecular formula is C16H21ClN2O2. The van der Waals surface area contributed by atoms with Crippen LogP contribution in [-0.2, 0) is 4.79 Å². The van der Waals surface area contributed by atoms with Crippen molar-refractivity contribution >= 4 is 23.4 Å². The Kier molecular flexibility index (Phi) is 5.62.